The normalized spacial score (nSPS) is 26.2. The van der Waals surface area contributed by atoms with Crippen LogP contribution >= 0.6 is 23.5 Å². The number of rotatable bonds is 3. The third-order valence-electron chi connectivity index (χ3n) is 1.79. The Morgan fingerprint density at radius 2 is 2.50 bits per heavy atom. The predicted octanol–water partition coefficient (Wildman–Crippen LogP) is 1.45. The van der Waals surface area contributed by atoms with Gasteiger partial charge < -0.3 is 5.32 Å². The van der Waals surface area contributed by atoms with Gasteiger partial charge in [-0.1, -0.05) is 5.92 Å². The van der Waals surface area contributed by atoms with E-state index in [1.165, 1.54) is 17.3 Å². The van der Waals surface area contributed by atoms with Crippen molar-refractivity contribution < 1.29 is 0 Å². The van der Waals surface area contributed by atoms with Gasteiger partial charge in [0.15, 0.2) is 0 Å². The van der Waals surface area contributed by atoms with E-state index in [0.29, 0.717) is 0 Å². The molecule has 0 saturated carbocycles. The number of hydrogen-bond donors (Lipinski definition) is 1. The SMILES string of the molecule is C#CC(C)NCC1CSCCS1. The lowest BCUT2D eigenvalue weighted by molar-refractivity contribution is 0.646. The van der Waals surface area contributed by atoms with Gasteiger partial charge in [0.25, 0.3) is 0 Å². The molecule has 1 rings (SSSR count). The van der Waals surface area contributed by atoms with Gasteiger partial charge in [0, 0.05) is 29.1 Å². The molecule has 0 aromatic carbocycles. The number of terminal acetylenes is 1. The van der Waals surface area contributed by atoms with Crippen molar-refractivity contribution in [2.45, 2.75) is 18.2 Å². The van der Waals surface area contributed by atoms with Gasteiger partial charge in [-0.2, -0.15) is 23.5 Å². The average molecular weight is 201 g/mol. The smallest absolute Gasteiger partial charge is 0.0658 e. The summed E-state index contributed by atoms with van der Waals surface area (Å²) in [5, 5.41) is 4.10. The molecule has 0 aromatic rings. The minimum atomic E-state index is 0.220. The topological polar surface area (TPSA) is 12.0 Å². The first-order valence-corrected chi connectivity index (χ1v) is 6.42. The fourth-order valence-electron chi connectivity index (χ4n) is 1.02. The Hall–Kier alpha value is 0.220. The minimum absolute atomic E-state index is 0.220. The first kappa shape index (κ1) is 10.3. The molecule has 12 heavy (non-hydrogen) atoms. The zero-order valence-electron chi connectivity index (χ0n) is 7.38. The molecule has 0 spiro atoms. The molecule has 0 aromatic heterocycles. The summed E-state index contributed by atoms with van der Waals surface area (Å²) in [5.74, 6) is 6.55. The molecule has 0 amide bonds. The lowest BCUT2D eigenvalue weighted by Crippen LogP contribution is -2.34. The van der Waals surface area contributed by atoms with Crippen molar-refractivity contribution in [2.75, 3.05) is 23.8 Å². The van der Waals surface area contributed by atoms with E-state index in [0.717, 1.165) is 11.8 Å². The molecule has 0 bridgehead atoms. The maximum atomic E-state index is 5.26. The number of hydrogen-bond acceptors (Lipinski definition) is 3. The van der Waals surface area contributed by atoms with Gasteiger partial charge in [0.05, 0.1) is 6.04 Å². The molecule has 1 saturated heterocycles. The second-order valence-corrected chi connectivity index (χ2v) is 5.42. The lowest BCUT2D eigenvalue weighted by atomic mass is 10.3. The largest absolute Gasteiger partial charge is 0.303 e. The van der Waals surface area contributed by atoms with Gasteiger partial charge >= 0.3 is 0 Å². The fraction of sp³-hybridized carbons (Fsp3) is 0.778. The monoisotopic (exact) mass is 201 g/mol. The molecule has 0 radical (unpaired) electrons. The summed E-state index contributed by atoms with van der Waals surface area (Å²) >= 11 is 4.11. The Bertz CT molecular complexity index is 158. The molecular formula is C9H15NS2. The molecule has 1 N–H and O–H groups in total. The molecule has 1 fully saturated rings. The summed E-state index contributed by atoms with van der Waals surface area (Å²) < 4.78 is 0. The molecule has 1 nitrogen and oxygen atoms in total. The first-order chi connectivity index (χ1) is 5.83. The van der Waals surface area contributed by atoms with Gasteiger partial charge in [0.2, 0.25) is 0 Å². The van der Waals surface area contributed by atoms with Crippen LogP contribution in [0.1, 0.15) is 6.92 Å². The summed E-state index contributed by atoms with van der Waals surface area (Å²) in [6, 6.07) is 0.220. The summed E-state index contributed by atoms with van der Waals surface area (Å²) in [6.45, 7) is 3.09. The highest BCUT2D eigenvalue weighted by Crippen LogP contribution is 2.23. The molecular weight excluding hydrogens is 186 g/mol. The van der Waals surface area contributed by atoms with E-state index in [1.807, 2.05) is 18.7 Å². The van der Waals surface area contributed by atoms with E-state index in [2.05, 4.69) is 23.0 Å². The molecule has 1 aliphatic heterocycles. The minimum Gasteiger partial charge on any atom is -0.303 e. The van der Waals surface area contributed by atoms with Crippen molar-refractivity contribution in [1.82, 2.24) is 5.32 Å². The second kappa shape index (κ2) is 5.80. The van der Waals surface area contributed by atoms with Crippen LogP contribution in [-0.2, 0) is 0 Å². The van der Waals surface area contributed by atoms with E-state index in [4.69, 9.17) is 6.42 Å². The quantitative estimate of drug-likeness (QED) is 0.694. The van der Waals surface area contributed by atoms with Crippen molar-refractivity contribution in [3.05, 3.63) is 0 Å². The van der Waals surface area contributed by atoms with Crippen molar-refractivity contribution in [2.24, 2.45) is 0 Å². The highest BCUT2D eigenvalue weighted by atomic mass is 32.2. The maximum absolute atomic E-state index is 5.26. The van der Waals surface area contributed by atoms with Crippen LogP contribution in [-0.4, -0.2) is 35.1 Å². The summed E-state index contributed by atoms with van der Waals surface area (Å²) in [7, 11) is 0. The molecule has 1 heterocycles. The van der Waals surface area contributed by atoms with Crippen LogP contribution in [0.5, 0.6) is 0 Å². The summed E-state index contributed by atoms with van der Waals surface area (Å²) in [4.78, 5) is 0. The van der Waals surface area contributed by atoms with Crippen molar-refractivity contribution in [3.63, 3.8) is 0 Å². The van der Waals surface area contributed by atoms with Crippen molar-refractivity contribution in [1.29, 1.82) is 0 Å². The van der Waals surface area contributed by atoms with Gasteiger partial charge in [-0.15, -0.1) is 6.42 Å². The van der Waals surface area contributed by atoms with Gasteiger partial charge in [0.1, 0.15) is 0 Å². The molecule has 2 unspecified atom stereocenters. The third kappa shape index (κ3) is 3.75. The Morgan fingerprint density at radius 1 is 1.67 bits per heavy atom. The van der Waals surface area contributed by atoms with E-state index in [9.17, 15) is 0 Å². The lowest BCUT2D eigenvalue weighted by Gasteiger charge is -2.21. The third-order valence-corrected chi connectivity index (χ3v) is 4.63. The molecule has 3 heteroatoms. The van der Waals surface area contributed by atoms with E-state index in [1.54, 1.807) is 0 Å². The van der Waals surface area contributed by atoms with E-state index in [-0.39, 0.29) is 6.04 Å². The summed E-state index contributed by atoms with van der Waals surface area (Å²) in [5.41, 5.74) is 0. The van der Waals surface area contributed by atoms with Crippen LogP contribution in [0.2, 0.25) is 0 Å². The average Bonchev–Trinajstić information content (AvgIpc) is 2.16. The molecule has 1 aliphatic rings. The van der Waals surface area contributed by atoms with Gasteiger partial charge in [-0.05, 0) is 6.92 Å². The van der Waals surface area contributed by atoms with Crippen LogP contribution in [0, 0.1) is 12.3 Å². The zero-order valence-corrected chi connectivity index (χ0v) is 9.01. The Labute approximate surface area is 83.4 Å². The van der Waals surface area contributed by atoms with E-state index < -0.39 is 0 Å². The Morgan fingerprint density at radius 3 is 3.08 bits per heavy atom. The van der Waals surface area contributed by atoms with Gasteiger partial charge in [-0.3, -0.25) is 0 Å². The Balaban J connectivity index is 2.10. The molecule has 2 atom stereocenters. The zero-order chi connectivity index (χ0) is 8.81. The highest BCUT2D eigenvalue weighted by Gasteiger charge is 2.13. The van der Waals surface area contributed by atoms with Crippen LogP contribution in [0.4, 0.5) is 0 Å². The molecule has 68 valence electrons. The van der Waals surface area contributed by atoms with Crippen molar-refractivity contribution in [3.8, 4) is 12.3 Å². The van der Waals surface area contributed by atoms with Crippen LogP contribution < -0.4 is 5.32 Å². The number of nitrogens with one attached hydrogen (secondary N) is 1. The van der Waals surface area contributed by atoms with Crippen LogP contribution in [0.3, 0.4) is 0 Å². The van der Waals surface area contributed by atoms with Crippen LogP contribution in [0.25, 0.3) is 0 Å². The van der Waals surface area contributed by atoms with Gasteiger partial charge in [-0.25, -0.2) is 0 Å². The second-order valence-electron chi connectivity index (χ2n) is 2.86. The predicted molar refractivity (Wildman–Crippen MR) is 59.9 cm³/mol. The Kier molecular flexibility index (Phi) is 4.98. The maximum Gasteiger partial charge on any atom is 0.0658 e. The van der Waals surface area contributed by atoms with E-state index >= 15 is 0 Å². The fourth-order valence-corrected chi connectivity index (χ4v) is 3.65. The highest BCUT2D eigenvalue weighted by molar-refractivity contribution is 8.06. The number of thioether (sulfide) groups is 2. The molecule has 0 aliphatic carbocycles. The van der Waals surface area contributed by atoms with Crippen LogP contribution in [0.15, 0.2) is 0 Å². The first-order valence-electron chi connectivity index (χ1n) is 4.22. The van der Waals surface area contributed by atoms with Crippen molar-refractivity contribution >= 4 is 23.5 Å². The standard InChI is InChI=1S/C9H15NS2/c1-3-8(2)10-6-9-7-11-4-5-12-9/h1,8-10H,4-7H2,2H3. The summed E-state index contributed by atoms with van der Waals surface area (Å²) in [6.07, 6.45) is 5.26.